The van der Waals surface area contributed by atoms with Gasteiger partial charge in [-0.1, -0.05) is 0 Å². The summed E-state index contributed by atoms with van der Waals surface area (Å²) in [5, 5.41) is 0. The summed E-state index contributed by atoms with van der Waals surface area (Å²) in [6.07, 6.45) is -3.03. The van der Waals surface area contributed by atoms with Gasteiger partial charge in [0, 0.05) is 0 Å². The van der Waals surface area contributed by atoms with Crippen molar-refractivity contribution < 1.29 is 27.4 Å². The van der Waals surface area contributed by atoms with Crippen molar-refractivity contribution in [3.05, 3.63) is 23.3 Å². The molecule has 0 aliphatic rings. The predicted molar refractivity (Wildman–Crippen MR) is 51.7 cm³/mol. The van der Waals surface area contributed by atoms with Gasteiger partial charge in [-0.3, -0.25) is 0 Å². The van der Waals surface area contributed by atoms with E-state index in [0.717, 1.165) is 13.2 Å². The third kappa shape index (κ3) is 2.86. The van der Waals surface area contributed by atoms with Crippen molar-refractivity contribution >= 4 is 5.97 Å². The monoisotopic (exact) mass is 249 g/mol. The van der Waals surface area contributed by atoms with Gasteiger partial charge >= 0.3 is 5.97 Å². The second-order valence-electron chi connectivity index (χ2n) is 2.94. The molecule has 0 atom stereocenters. The summed E-state index contributed by atoms with van der Waals surface area (Å²) < 4.78 is 47.2. The summed E-state index contributed by atoms with van der Waals surface area (Å²) in [4.78, 5) is 14.5. The molecule has 1 aromatic rings. The van der Waals surface area contributed by atoms with Gasteiger partial charge < -0.3 is 9.47 Å². The van der Waals surface area contributed by atoms with E-state index in [1.54, 1.807) is 6.92 Å². The number of alkyl halides is 2. The molecular formula is C10H10F3NO3. The van der Waals surface area contributed by atoms with Crippen molar-refractivity contribution in [3.63, 3.8) is 0 Å². The molecule has 1 aromatic heterocycles. The minimum absolute atomic E-state index is 0.0574. The van der Waals surface area contributed by atoms with E-state index < -0.39 is 29.6 Å². The molecule has 1 heterocycles. The Bertz CT molecular complexity index is 424. The predicted octanol–water partition coefficient (Wildman–Crippen LogP) is 2.34. The fourth-order valence-corrected chi connectivity index (χ4v) is 1.14. The number of nitrogens with zero attached hydrogens (tertiary/aromatic N) is 1. The highest BCUT2D eigenvalue weighted by molar-refractivity contribution is 5.90. The van der Waals surface area contributed by atoms with Crippen LogP contribution in [0.4, 0.5) is 13.2 Å². The Hall–Kier alpha value is -1.79. The zero-order valence-electron chi connectivity index (χ0n) is 9.17. The number of rotatable bonds is 4. The molecule has 0 amide bonds. The minimum Gasteiger partial charge on any atom is -0.494 e. The van der Waals surface area contributed by atoms with Gasteiger partial charge in [-0.2, -0.15) is 4.39 Å². The van der Waals surface area contributed by atoms with Gasteiger partial charge in [0.1, 0.15) is 0 Å². The quantitative estimate of drug-likeness (QED) is 0.607. The van der Waals surface area contributed by atoms with E-state index in [1.165, 1.54) is 0 Å². The molecule has 0 N–H and O–H groups in total. The van der Waals surface area contributed by atoms with E-state index in [4.69, 9.17) is 4.74 Å². The van der Waals surface area contributed by atoms with Crippen LogP contribution in [0.1, 0.15) is 29.4 Å². The Morgan fingerprint density at radius 1 is 1.53 bits per heavy atom. The number of ether oxygens (including phenoxy) is 2. The van der Waals surface area contributed by atoms with Crippen LogP contribution in [0.25, 0.3) is 0 Å². The van der Waals surface area contributed by atoms with E-state index in [2.05, 4.69) is 9.72 Å². The minimum atomic E-state index is -3.03. The van der Waals surface area contributed by atoms with Gasteiger partial charge in [-0.15, -0.1) is 0 Å². The number of pyridine rings is 1. The maximum atomic E-state index is 13.2. The van der Waals surface area contributed by atoms with Gasteiger partial charge in [0.15, 0.2) is 11.4 Å². The average molecular weight is 249 g/mol. The lowest BCUT2D eigenvalue weighted by Crippen LogP contribution is -2.11. The average Bonchev–Trinajstić information content (AvgIpc) is 2.28. The van der Waals surface area contributed by atoms with Gasteiger partial charge in [-0.25, -0.2) is 18.6 Å². The molecule has 0 aliphatic carbocycles. The highest BCUT2D eigenvalue weighted by Crippen LogP contribution is 2.27. The molecule has 0 saturated heterocycles. The Morgan fingerprint density at radius 3 is 2.65 bits per heavy atom. The van der Waals surface area contributed by atoms with Crippen molar-refractivity contribution in [3.8, 4) is 5.75 Å². The zero-order chi connectivity index (χ0) is 13.0. The van der Waals surface area contributed by atoms with Crippen LogP contribution in [-0.4, -0.2) is 24.7 Å². The largest absolute Gasteiger partial charge is 0.494 e. The Kier molecular flexibility index (Phi) is 4.30. The van der Waals surface area contributed by atoms with Crippen molar-refractivity contribution in [2.45, 2.75) is 13.3 Å². The van der Waals surface area contributed by atoms with E-state index >= 15 is 0 Å². The normalized spacial score (nSPS) is 10.5. The molecule has 4 nitrogen and oxygen atoms in total. The fourth-order valence-electron chi connectivity index (χ4n) is 1.14. The molecule has 1 rings (SSSR count). The first-order valence-corrected chi connectivity index (χ1v) is 4.71. The Labute approximate surface area is 95.4 Å². The highest BCUT2D eigenvalue weighted by atomic mass is 19.3. The van der Waals surface area contributed by atoms with Crippen LogP contribution in [0, 0.1) is 5.95 Å². The highest BCUT2D eigenvalue weighted by Gasteiger charge is 2.23. The summed E-state index contributed by atoms with van der Waals surface area (Å²) >= 11 is 0. The first-order valence-electron chi connectivity index (χ1n) is 4.71. The molecule has 7 heteroatoms. The van der Waals surface area contributed by atoms with Crippen molar-refractivity contribution in [2.75, 3.05) is 13.7 Å². The summed E-state index contributed by atoms with van der Waals surface area (Å²) in [5.74, 6) is -2.59. The molecule has 0 spiro atoms. The second kappa shape index (κ2) is 5.51. The number of carbonyl (C=O) groups is 1. The maximum Gasteiger partial charge on any atom is 0.360 e. The first kappa shape index (κ1) is 13.3. The smallest absolute Gasteiger partial charge is 0.360 e. The Morgan fingerprint density at radius 2 is 2.18 bits per heavy atom. The molecular weight excluding hydrogens is 239 g/mol. The van der Waals surface area contributed by atoms with Crippen molar-refractivity contribution in [2.24, 2.45) is 0 Å². The molecule has 17 heavy (non-hydrogen) atoms. The standard InChI is InChI=1S/C10H10F3NO3/c1-3-17-10(15)7-6(16-2)4-5(8(11)12)9(13)14-7/h4,8H,3H2,1-2H3. The first-order chi connectivity index (χ1) is 8.01. The number of esters is 1. The number of carbonyl (C=O) groups excluding carboxylic acids is 1. The number of aromatic nitrogens is 1. The van der Waals surface area contributed by atoms with Gasteiger partial charge in [-0.05, 0) is 13.0 Å². The Balaban J connectivity index is 3.23. The molecule has 94 valence electrons. The molecule has 0 fully saturated rings. The molecule has 0 saturated carbocycles. The van der Waals surface area contributed by atoms with Crippen molar-refractivity contribution in [1.82, 2.24) is 4.98 Å². The summed E-state index contributed by atoms with van der Waals surface area (Å²) in [6.45, 7) is 1.61. The SMILES string of the molecule is CCOC(=O)c1nc(F)c(C(F)F)cc1OC. The lowest BCUT2D eigenvalue weighted by atomic mass is 10.2. The zero-order valence-corrected chi connectivity index (χ0v) is 9.17. The molecule has 0 bridgehead atoms. The van der Waals surface area contributed by atoms with Gasteiger partial charge in [0.25, 0.3) is 6.43 Å². The third-order valence-electron chi connectivity index (χ3n) is 1.89. The maximum absolute atomic E-state index is 13.2. The van der Waals surface area contributed by atoms with Gasteiger partial charge in [0.05, 0.1) is 19.3 Å². The van der Waals surface area contributed by atoms with E-state index in [-0.39, 0.29) is 12.4 Å². The van der Waals surface area contributed by atoms with Gasteiger partial charge in [0.2, 0.25) is 5.95 Å². The molecule has 0 aromatic carbocycles. The number of hydrogen-bond donors (Lipinski definition) is 0. The van der Waals surface area contributed by atoms with Crippen LogP contribution in [0.5, 0.6) is 5.75 Å². The molecule has 0 unspecified atom stereocenters. The van der Waals surface area contributed by atoms with Crippen LogP contribution < -0.4 is 4.74 Å². The van der Waals surface area contributed by atoms with Crippen molar-refractivity contribution in [1.29, 1.82) is 0 Å². The van der Waals surface area contributed by atoms with Crippen LogP contribution in [0.2, 0.25) is 0 Å². The lowest BCUT2D eigenvalue weighted by molar-refractivity contribution is 0.0512. The summed E-state index contributed by atoms with van der Waals surface area (Å²) in [6, 6.07) is 0.735. The van der Waals surface area contributed by atoms with E-state index in [0.29, 0.717) is 0 Å². The number of halogens is 3. The van der Waals surface area contributed by atoms with Crippen LogP contribution in [-0.2, 0) is 4.74 Å². The van der Waals surface area contributed by atoms with E-state index in [1.807, 2.05) is 0 Å². The third-order valence-corrected chi connectivity index (χ3v) is 1.89. The second-order valence-corrected chi connectivity index (χ2v) is 2.94. The number of hydrogen-bond acceptors (Lipinski definition) is 4. The van der Waals surface area contributed by atoms with Crippen LogP contribution >= 0.6 is 0 Å². The van der Waals surface area contributed by atoms with Crippen LogP contribution in [0.15, 0.2) is 6.07 Å². The van der Waals surface area contributed by atoms with Crippen LogP contribution in [0.3, 0.4) is 0 Å². The number of methoxy groups -OCH3 is 1. The lowest BCUT2D eigenvalue weighted by Gasteiger charge is -2.09. The molecule has 0 aliphatic heterocycles. The van der Waals surface area contributed by atoms with E-state index in [9.17, 15) is 18.0 Å². The summed E-state index contributed by atoms with van der Waals surface area (Å²) in [5.41, 5.74) is -1.38. The topological polar surface area (TPSA) is 48.4 Å². The fraction of sp³-hybridized carbons (Fsp3) is 0.400. The summed E-state index contributed by atoms with van der Waals surface area (Å²) in [7, 11) is 1.16. The molecule has 0 radical (unpaired) electrons.